The van der Waals surface area contributed by atoms with Gasteiger partial charge >= 0.3 is 0 Å². The minimum absolute atomic E-state index is 0.141. The van der Waals surface area contributed by atoms with Crippen LogP contribution in [0.2, 0.25) is 10.0 Å². The molecule has 0 aliphatic carbocycles. The van der Waals surface area contributed by atoms with Gasteiger partial charge in [0.05, 0.1) is 10.0 Å². The van der Waals surface area contributed by atoms with Crippen molar-refractivity contribution in [1.29, 1.82) is 0 Å². The van der Waals surface area contributed by atoms with E-state index in [4.69, 9.17) is 32.7 Å². The molecule has 0 heterocycles. The topological polar surface area (TPSA) is 50.7 Å². The van der Waals surface area contributed by atoms with E-state index in [1.54, 1.807) is 18.2 Å². The SMILES string of the molecule is CCOCCCNC[C@H](O)COc1c(Cl)cccc1Cl. The lowest BCUT2D eigenvalue weighted by Crippen LogP contribution is -2.32. The summed E-state index contributed by atoms with van der Waals surface area (Å²) < 4.78 is 10.7. The van der Waals surface area contributed by atoms with Gasteiger partial charge in [0, 0.05) is 19.8 Å². The van der Waals surface area contributed by atoms with Gasteiger partial charge in [0.1, 0.15) is 12.7 Å². The van der Waals surface area contributed by atoms with E-state index in [-0.39, 0.29) is 6.61 Å². The lowest BCUT2D eigenvalue weighted by Gasteiger charge is -2.14. The summed E-state index contributed by atoms with van der Waals surface area (Å²) >= 11 is 11.9. The van der Waals surface area contributed by atoms with Gasteiger partial charge in [0.15, 0.2) is 5.75 Å². The van der Waals surface area contributed by atoms with Gasteiger partial charge in [-0.15, -0.1) is 0 Å². The van der Waals surface area contributed by atoms with Crippen LogP contribution in [0.5, 0.6) is 5.75 Å². The molecule has 0 aliphatic heterocycles. The molecule has 20 heavy (non-hydrogen) atoms. The van der Waals surface area contributed by atoms with Crippen LogP contribution in [0.1, 0.15) is 13.3 Å². The highest BCUT2D eigenvalue weighted by molar-refractivity contribution is 6.37. The lowest BCUT2D eigenvalue weighted by molar-refractivity contribution is 0.104. The van der Waals surface area contributed by atoms with E-state index in [1.807, 2.05) is 6.92 Å². The summed E-state index contributed by atoms with van der Waals surface area (Å²) in [7, 11) is 0. The minimum atomic E-state index is -0.616. The Hall–Kier alpha value is -0.520. The zero-order chi connectivity index (χ0) is 14.8. The zero-order valence-corrected chi connectivity index (χ0v) is 13.1. The Kier molecular flexibility index (Phi) is 8.98. The molecule has 0 spiro atoms. The summed E-state index contributed by atoms with van der Waals surface area (Å²) in [6, 6.07) is 5.14. The molecular weight excluding hydrogens is 301 g/mol. The van der Waals surface area contributed by atoms with Gasteiger partial charge in [-0.1, -0.05) is 29.3 Å². The molecule has 0 unspecified atom stereocenters. The summed E-state index contributed by atoms with van der Waals surface area (Å²) in [6.45, 7) is 4.81. The molecule has 2 N–H and O–H groups in total. The fourth-order valence-electron chi connectivity index (χ4n) is 1.57. The van der Waals surface area contributed by atoms with Crippen molar-refractivity contribution in [3.63, 3.8) is 0 Å². The molecule has 4 nitrogen and oxygen atoms in total. The summed E-state index contributed by atoms with van der Waals surface area (Å²) in [5.41, 5.74) is 0. The van der Waals surface area contributed by atoms with Crippen molar-refractivity contribution >= 4 is 23.2 Å². The molecule has 0 aliphatic rings. The van der Waals surface area contributed by atoms with Crippen molar-refractivity contribution in [3.05, 3.63) is 28.2 Å². The Balaban J connectivity index is 2.18. The third-order valence-electron chi connectivity index (χ3n) is 2.57. The van der Waals surface area contributed by atoms with Crippen molar-refractivity contribution in [3.8, 4) is 5.75 Å². The molecule has 1 atom stereocenters. The standard InChI is InChI=1S/C14H21Cl2NO3/c1-2-19-8-4-7-17-9-11(18)10-20-14-12(15)5-3-6-13(14)16/h3,5-6,11,17-18H,2,4,7-10H2,1H3/t11-/m0/s1. The second-order valence-electron chi connectivity index (χ2n) is 4.27. The average molecular weight is 322 g/mol. The summed E-state index contributed by atoms with van der Waals surface area (Å²) in [4.78, 5) is 0. The second-order valence-corrected chi connectivity index (χ2v) is 5.08. The molecule has 0 saturated carbocycles. The smallest absolute Gasteiger partial charge is 0.156 e. The molecule has 0 bridgehead atoms. The first kappa shape index (κ1) is 17.5. The maximum Gasteiger partial charge on any atom is 0.156 e. The maximum atomic E-state index is 9.79. The van der Waals surface area contributed by atoms with E-state index < -0.39 is 6.10 Å². The first-order valence-corrected chi connectivity index (χ1v) is 7.44. The molecule has 0 aromatic heterocycles. The van der Waals surface area contributed by atoms with Crippen molar-refractivity contribution < 1.29 is 14.6 Å². The van der Waals surface area contributed by atoms with Crippen LogP contribution >= 0.6 is 23.2 Å². The van der Waals surface area contributed by atoms with Crippen LogP contribution in [0, 0.1) is 0 Å². The Bertz CT molecular complexity index is 370. The number of nitrogens with one attached hydrogen (secondary N) is 1. The van der Waals surface area contributed by atoms with Crippen molar-refractivity contribution in [2.75, 3.05) is 32.9 Å². The van der Waals surface area contributed by atoms with E-state index in [0.717, 1.165) is 26.2 Å². The Labute approximate surface area is 130 Å². The number of aliphatic hydroxyl groups is 1. The molecule has 1 aromatic carbocycles. The number of aliphatic hydroxyl groups excluding tert-OH is 1. The molecule has 6 heteroatoms. The quantitative estimate of drug-likeness (QED) is 0.651. The molecule has 114 valence electrons. The highest BCUT2D eigenvalue weighted by Gasteiger charge is 2.10. The van der Waals surface area contributed by atoms with E-state index in [9.17, 15) is 5.11 Å². The van der Waals surface area contributed by atoms with Gasteiger partial charge in [0.25, 0.3) is 0 Å². The Morgan fingerprint density at radius 3 is 2.65 bits per heavy atom. The third-order valence-corrected chi connectivity index (χ3v) is 3.16. The van der Waals surface area contributed by atoms with Crippen LogP contribution in [0.3, 0.4) is 0 Å². The summed E-state index contributed by atoms with van der Waals surface area (Å²) in [5.74, 6) is 0.409. The number of rotatable bonds is 10. The number of para-hydroxylation sites is 1. The van der Waals surface area contributed by atoms with Crippen molar-refractivity contribution in [2.45, 2.75) is 19.4 Å². The number of benzene rings is 1. The van der Waals surface area contributed by atoms with Gasteiger partial charge in [-0.05, 0) is 32.0 Å². The van der Waals surface area contributed by atoms with Gasteiger partial charge in [-0.3, -0.25) is 0 Å². The average Bonchev–Trinajstić information content (AvgIpc) is 2.42. The molecule has 1 aromatic rings. The Morgan fingerprint density at radius 1 is 1.30 bits per heavy atom. The highest BCUT2D eigenvalue weighted by Crippen LogP contribution is 2.32. The fraction of sp³-hybridized carbons (Fsp3) is 0.571. The Morgan fingerprint density at radius 2 is 2.00 bits per heavy atom. The van der Waals surface area contributed by atoms with E-state index >= 15 is 0 Å². The first-order valence-electron chi connectivity index (χ1n) is 6.68. The van der Waals surface area contributed by atoms with Crippen molar-refractivity contribution in [1.82, 2.24) is 5.32 Å². The van der Waals surface area contributed by atoms with Crippen LogP contribution in [0.15, 0.2) is 18.2 Å². The normalized spacial score (nSPS) is 12.4. The molecule has 1 rings (SSSR count). The predicted octanol–water partition coefficient (Wildman–Crippen LogP) is 2.75. The molecular formula is C14H21Cl2NO3. The number of ether oxygens (including phenoxy) is 2. The zero-order valence-electron chi connectivity index (χ0n) is 11.6. The fourth-order valence-corrected chi connectivity index (χ4v) is 2.08. The minimum Gasteiger partial charge on any atom is -0.488 e. The number of hydrogen-bond donors (Lipinski definition) is 2. The number of hydrogen-bond acceptors (Lipinski definition) is 4. The molecule has 0 radical (unpaired) electrons. The molecule has 0 saturated heterocycles. The van der Waals surface area contributed by atoms with Crippen LogP contribution < -0.4 is 10.1 Å². The monoisotopic (exact) mass is 321 g/mol. The van der Waals surface area contributed by atoms with Gasteiger partial charge in [-0.2, -0.15) is 0 Å². The molecule has 0 amide bonds. The highest BCUT2D eigenvalue weighted by atomic mass is 35.5. The van der Waals surface area contributed by atoms with E-state index in [2.05, 4.69) is 5.32 Å². The first-order chi connectivity index (χ1) is 9.65. The van der Waals surface area contributed by atoms with Crippen LogP contribution in [-0.2, 0) is 4.74 Å². The van der Waals surface area contributed by atoms with E-state index in [1.165, 1.54) is 0 Å². The second kappa shape index (κ2) is 10.2. The van der Waals surface area contributed by atoms with Crippen LogP contribution in [0.25, 0.3) is 0 Å². The molecule has 0 fully saturated rings. The summed E-state index contributed by atoms with van der Waals surface area (Å²) in [6.07, 6.45) is 0.298. The summed E-state index contributed by atoms with van der Waals surface area (Å²) in [5, 5.41) is 13.8. The van der Waals surface area contributed by atoms with Gasteiger partial charge < -0.3 is 19.9 Å². The maximum absolute atomic E-state index is 9.79. The van der Waals surface area contributed by atoms with E-state index in [0.29, 0.717) is 22.3 Å². The lowest BCUT2D eigenvalue weighted by atomic mass is 10.3. The van der Waals surface area contributed by atoms with Crippen molar-refractivity contribution in [2.24, 2.45) is 0 Å². The third kappa shape index (κ3) is 6.77. The van der Waals surface area contributed by atoms with Gasteiger partial charge in [-0.25, -0.2) is 0 Å². The van der Waals surface area contributed by atoms with Crippen LogP contribution in [-0.4, -0.2) is 44.1 Å². The largest absolute Gasteiger partial charge is 0.488 e. The van der Waals surface area contributed by atoms with Crippen LogP contribution in [0.4, 0.5) is 0 Å². The predicted molar refractivity (Wildman–Crippen MR) is 81.9 cm³/mol. The van der Waals surface area contributed by atoms with Gasteiger partial charge in [0.2, 0.25) is 0 Å². The number of halogens is 2.